The van der Waals surface area contributed by atoms with Crippen molar-refractivity contribution in [1.82, 2.24) is 0 Å². The van der Waals surface area contributed by atoms with E-state index in [1.807, 2.05) is 54.6 Å². The summed E-state index contributed by atoms with van der Waals surface area (Å²) < 4.78 is 5.23. The number of amidine groups is 1. The minimum Gasteiger partial charge on any atom is -0.497 e. The van der Waals surface area contributed by atoms with Crippen LogP contribution in [0.2, 0.25) is 0 Å². The highest BCUT2D eigenvalue weighted by Crippen LogP contribution is 2.24. The molecule has 1 heterocycles. The summed E-state index contributed by atoms with van der Waals surface area (Å²) in [6.45, 7) is 0.782. The fourth-order valence-electron chi connectivity index (χ4n) is 2.87. The lowest BCUT2D eigenvalue weighted by Crippen LogP contribution is -2.37. The molecule has 124 valence electrons. The number of anilines is 1. The van der Waals surface area contributed by atoms with Crippen LogP contribution in [0.1, 0.15) is 36.0 Å². The molecule has 0 aromatic heterocycles. The molecule has 0 spiro atoms. The Hall–Kier alpha value is -2.62. The van der Waals surface area contributed by atoms with E-state index in [-0.39, 0.29) is 5.91 Å². The zero-order valence-corrected chi connectivity index (χ0v) is 13.9. The molecule has 0 unspecified atom stereocenters. The molecule has 4 heteroatoms. The minimum atomic E-state index is -0.0404. The molecule has 0 saturated heterocycles. The third kappa shape index (κ3) is 3.65. The molecule has 24 heavy (non-hydrogen) atoms. The Kier molecular flexibility index (Phi) is 5.26. The van der Waals surface area contributed by atoms with E-state index >= 15 is 0 Å². The monoisotopic (exact) mass is 322 g/mol. The van der Waals surface area contributed by atoms with Crippen molar-refractivity contribution in [2.45, 2.75) is 25.7 Å². The van der Waals surface area contributed by atoms with E-state index in [4.69, 9.17) is 4.74 Å². The number of aliphatic imine (C=N–C) groups is 1. The van der Waals surface area contributed by atoms with Gasteiger partial charge in [-0.05, 0) is 49.2 Å². The van der Waals surface area contributed by atoms with Crippen LogP contribution in [-0.4, -0.2) is 25.4 Å². The summed E-state index contributed by atoms with van der Waals surface area (Å²) in [6.07, 6.45) is 4.13. The van der Waals surface area contributed by atoms with Crippen LogP contribution >= 0.6 is 0 Å². The lowest BCUT2D eigenvalue weighted by atomic mass is 10.1. The van der Waals surface area contributed by atoms with E-state index in [1.54, 1.807) is 12.0 Å². The number of ether oxygens (including phenoxy) is 1. The zero-order valence-electron chi connectivity index (χ0n) is 13.9. The maximum Gasteiger partial charge on any atom is 0.263 e. The van der Waals surface area contributed by atoms with E-state index in [9.17, 15) is 4.79 Å². The van der Waals surface area contributed by atoms with E-state index in [2.05, 4.69) is 4.99 Å². The number of methoxy groups -OCH3 is 1. The third-order valence-corrected chi connectivity index (χ3v) is 4.17. The average Bonchev–Trinajstić information content (AvgIpc) is 2.92. The second-order valence-electron chi connectivity index (χ2n) is 5.81. The second-order valence-corrected chi connectivity index (χ2v) is 5.81. The number of hydrogen-bond acceptors (Lipinski definition) is 3. The van der Waals surface area contributed by atoms with Crippen LogP contribution in [0.25, 0.3) is 0 Å². The summed E-state index contributed by atoms with van der Waals surface area (Å²) in [5.74, 6) is 1.58. The SMILES string of the molecule is COc1ccc(N(C(=O)c2ccccc2)C2=NCCCCC2)cc1. The fourth-order valence-corrected chi connectivity index (χ4v) is 2.87. The van der Waals surface area contributed by atoms with E-state index < -0.39 is 0 Å². The van der Waals surface area contributed by atoms with Crippen LogP contribution in [0.3, 0.4) is 0 Å². The van der Waals surface area contributed by atoms with Crippen LogP contribution in [-0.2, 0) is 0 Å². The number of rotatable bonds is 3. The van der Waals surface area contributed by atoms with Crippen molar-refractivity contribution in [3.63, 3.8) is 0 Å². The summed E-state index contributed by atoms with van der Waals surface area (Å²) in [4.78, 5) is 19.6. The van der Waals surface area contributed by atoms with Crippen molar-refractivity contribution in [1.29, 1.82) is 0 Å². The summed E-state index contributed by atoms with van der Waals surface area (Å²) in [5.41, 5.74) is 1.49. The van der Waals surface area contributed by atoms with Crippen molar-refractivity contribution < 1.29 is 9.53 Å². The maximum absolute atomic E-state index is 13.1. The Balaban J connectivity index is 1.99. The predicted octanol–water partition coefficient (Wildman–Crippen LogP) is 4.31. The smallest absolute Gasteiger partial charge is 0.263 e. The molecule has 1 aliphatic heterocycles. The van der Waals surface area contributed by atoms with Gasteiger partial charge in [0.05, 0.1) is 12.8 Å². The molecule has 2 aromatic rings. The predicted molar refractivity (Wildman–Crippen MR) is 97.0 cm³/mol. The van der Waals surface area contributed by atoms with Gasteiger partial charge in [0.25, 0.3) is 5.91 Å². The number of hydrogen-bond donors (Lipinski definition) is 0. The summed E-state index contributed by atoms with van der Waals surface area (Å²) in [5, 5.41) is 0. The van der Waals surface area contributed by atoms with Crippen LogP contribution in [0, 0.1) is 0 Å². The van der Waals surface area contributed by atoms with Gasteiger partial charge in [-0.3, -0.25) is 14.7 Å². The van der Waals surface area contributed by atoms with E-state index in [0.717, 1.165) is 49.5 Å². The Morgan fingerprint density at radius 3 is 2.46 bits per heavy atom. The minimum absolute atomic E-state index is 0.0404. The van der Waals surface area contributed by atoms with E-state index in [1.165, 1.54) is 0 Å². The second kappa shape index (κ2) is 7.77. The molecular formula is C20H22N2O2. The normalized spacial score (nSPS) is 14.5. The summed E-state index contributed by atoms with van der Waals surface area (Å²) >= 11 is 0. The van der Waals surface area contributed by atoms with Crippen molar-refractivity contribution in [2.75, 3.05) is 18.6 Å². The molecule has 1 aliphatic rings. The summed E-state index contributed by atoms with van der Waals surface area (Å²) in [7, 11) is 1.64. The third-order valence-electron chi connectivity index (χ3n) is 4.17. The lowest BCUT2D eigenvalue weighted by molar-refractivity contribution is 0.100. The molecule has 2 aromatic carbocycles. The fraction of sp³-hybridized carbons (Fsp3) is 0.300. The van der Waals surface area contributed by atoms with Crippen molar-refractivity contribution in [3.8, 4) is 5.75 Å². The van der Waals surface area contributed by atoms with Crippen molar-refractivity contribution >= 4 is 17.4 Å². The highest BCUT2D eigenvalue weighted by molar-refractivity contribution is 6.22. The highest BCUT2D eigenvalue weighted by atomic mass is 16.5. The largest absolute Gasteiger partial charge is 0.497 e. The van der Waals surface area contributed by atoms with Gasteiger partial charge in [0.15, 0.2) is 0 Å². The van der Waals surface area contributed by atoms with Gasteiger partial charge in [-0.2, -0.15) is 0 Å². The van der Waals surface area contributed by atoms with Gasteiger partial charge < -0.3 is 4.74 Å². The molecule has 0 atom stereocenters. The Labute approximate surface area is 142 Å². The molecule has 0 radical (unpaired) electrons. The molecule has 0 fully saturated rings. The molecule has 0 bridgehead atoms. The van der Waals surface area contributed by atoms with Crippen LogP contribution in [0.5, 0.6) is 5.75 Å². The Bertz CT molecular complexity index is 708. The first-order chi connectivity index (χ1) is 11.8. The lowest BCUT2D eigenvalue weighted by Gasteiger charge is -2.24. The van der Waals surface area contributed by atoms with Gasteiger partial charge >= 0.3 is 0 Å². The number of carbonyl (C=O) groups is 1. The molecule has 0 saturated carbocycles. The van der Waals surface area contributed by atoms with Crippen LogP contribution < -0.4 is 9.64 Å². The van der Waals surface area contributed by atoms with Gasteiger partial charge in [-0.15, -0.1) is 0 Å². The average molecular weight is 322 g/mol. The van der Waals surface area contributed by atoms with Gasteiger partial charge in [-0.1, -0.05) is 24.6 Å². The molecule has 1 amide bonds. The van der Waals surface area contributed by atoms with Gasteiger partial charge in [0, 0.05) is 18.5 Å². The van der Waals surface area contributed by atoms with Gasteiger partial charge in [0.1, 0.15) is 11.6 Å². The number of nitrogens with zero attached hydrogens (tertiary/aromatic N) is 2. The highest BCUT2D eigenvalue weighted by Gasteiger charge is 2.23. The summed E-state index contributed by atoms with van der Waals surface area (Å²) in [6, 6.07) is 16.9. The first kappa shape index (κ1) is 16.2. The molecule has 0 aliphatic carbocycles. The Morgan fingerprint density at radius 1 is 1.00 bits per heavy atom. The van der Waals surface area contributed by atoms with Crippen LogP contribution in [0.15, 0.2) is 59.6 Å². The first-order valence-electron chi connectivity index (χ1n) is 8.36. The van der Waals surface area contributed by atoms with Crippen LogP contribution in [0.4, 0.5) is 5.69 Å². The van der Waals surface area contributed by atoms with Crippen molar-refractivity contribution in [3.05, 3.63) is 60.2 Å². The number of carbonyl (C=O) groups excluding carboxylic acids is 1. The maximum atomic E-state index is 13.1. The number of benzene rings is 2. The van der Waals surface area contributed by atoms with Crippen molar-refractivity contribution in [2.24, 2.45) is 4.99 Å². The molecule has 0 N–H and O–H groups in total. The van der Waals surface area contributed by atoms with Gasteiger partial charge in [-0.25, -0.2) is 0 Å². The molecule has 3 rings (SSSR count). The quantitative estimate of drug-likeness (QED) is 0.845. The number of amides is 1. The first-order valence-corrected chi connectivity index (χ1v) is 8.36. The van der Waals surface area contributed by atoms with Gasteiger partial charge in [0.2, 0.25) is 0 Å². The van der Waals surface area contributed by atoms with E-state index in [0.29, 0.717) is 5.56 Å². The molecular weight excluding hydrogens is 300 g/mol. The topological polar surface area (TPSA) is 41.9 Å². The standard InChI is InChI=1S/C20H22N2O2/c1-24-18-13-11-17(12-14-18)22(19-10-6-3-7-15-21-19)20(23)16-8-4-2-5-9-16/h2,4-5,8-9,11-14H,3,6-7,10,15H2,1H3. The molecule has 4 nitrogen and oxygen atoms in total. The Morgan fingerprint density at radius 2 is 1.75 bits per heavy atom. The zero-order chi connectivity index (χ0) is 16.8.